The van der Waals surface area contributed by atoms with Gasteiger partial charge in [0, 0.05) is 24.1 Å². The average molecular weight is 430 g/mol. The van der Waals surface area contributed by atoms with Gasteiger partial charge in [0.25, 0.3) is 0 Å². The molecule has 0 saturated heterocycles. The van der Waals surface area contributed by atoms with E-state index in [0.717, 1.165) is 0 Å². The summed E-state index contributed by atoms with van der Waals surface area (Å²) < 4.78 is 10.9. The van der Waals surface area contributed by atoms with Crippen LogP contribution in [0.3, 0.4) is 0 Å². The van der Waals surface area contributed by atoms with E-state index in [-0.39, 0.29) is 24.7 Å². The van der Waals surface area contributed by atoms with E-state index in [1.807, 2.05) is 0 Å². The minimum Gasteiger partial charge on any atom is -0.491 e. The highest BCUT2D eigenvalue weighted by atomic mass is 16.6. The Bertz CT molecular complexity index is 1030. The van der Waals surface area contributed by atoms with Crippen molar-refractivity contribution in [2.45, 2.75) is 33.3 Å². The second-order valence-corrected chi connectivity index (χ2v) is 7.63. The summed E-state index contributed by atoms with van der Waals surface area (Å²) in [6.07, 6.45) is 2.24. The summed E-state index contributed by atoms with van der Waals surface area (Å²) in [6.45, 7) is 6.70. The van der Waals surface area contributed by atoms with Gasteiger partial charge in [-0.2, -0.15) is 0 Å². The number of rotatable bonds is 7. The van der Waals surface area contributed by atoms with Crippen molar-refractivity contribution in [2.24, 2.45) is 0 Å². The zero-order valence-corrected chi connectivity index (χ0v) is 17.8. The van der Waals surface area contributed by atoms with E-state index < -0.39 is 23.6 Å². The third-order valence-corrected chi connectivity index (χ3v) is 3.79. The molecule has 0 bridgehead atoms. The van der Waals surface area contributed by atoms with Gasteiger partial charge in [-0.1, -0.05) is 0 Å². The SMILES string of the molecule is CC(=O)NC(=Cc1cc2ccnc(N)c2cc1OCCNC(=O)OC(C)(C)C)C(=O)O. The third kappa shape index (κ3) is 7.18. The number of amides is 2. The molecule has 1 aromatic heterocycles. The third-order valence-electron chi connectivity index (χ3n) is 3.79. The normalized spacial score (nSPS) is 11.7. The minimum absolute atomic E-state index is 0.0777. The van der Waals surface area contributed by atoms with Gasteiger partial charge in [-0.05, 0) is 50.4 Å². The number of hydrogen-bond acceptors (Lipinski definition) is 7. The quantitative estimate of drug-likeness (QED) is 0.385. The number of alkyl carbamates (subject to hydrolysis) is 1. The number of carboxylic acids is 1. The number of aliphatic carboxylic acids is 1. The lowest BCUT2D eigenvalue weighted by atomic mass is 10.1. The van der Waals surface area contributed by atoms with E-state index in [1.54, 1.807) is 39.0 Å². The first kappa shape index (κ1) is 23.5. The molecule has 0 aliphatic carbocycles. The van der Waals surface area contributed by atoms with Crippen LogP contribution < -0.4 is 21.1 Å². The number of hydrogen-bond donors (Lipinski definition) is 4. The lowest BCUT2D eigenvalue weighted by Crippen LogP contribution is -2.34. The van der Waals surface area contributed by atoms with Crippen LogP contribution in [-0.4, -0.2) is 46.8 Å². The van der Waals surface area contributed by atoms with Crippen LogP contribution in [0.25, 0.3) is 16.8 Å². The molecule has 166 valence electrons. The van der Waals surface area contributed by atoms with Gasteiger partial charge in [0.2, 0.25) is 5.91 Å². The molecule has 1 heterocycles. The standard InChI is InChI=1S/C21H26N4O6/c1-12(26)25-16(19(27)28)10-14-9-13-5-6-23-18(22)15(13)11-17(14)30-8-7-24-20(29)31-21(2,3)4/h5-6,9-11H,7-8H2,1-4H3,(H2,22,23)(H,24,29)(H,25,26)(H,27,28). The first-order chi connectivity index (χ1) is 14.5. The average Bonchev–Trinajstić information content (AvgIpc) is 2.63. The van der Waals surface area contributed by atoms with Crippen molar-refractivity contribution in [2.75, 3.05) is 18.9 Å². The Kier molecular flexibility index (Phi) is 7.41. The van der Waals surface area contributed by atoms with Crippen LogP contribution in [-0.2, 0) is 14.3 Å². The fraction of sp³-hybridized carbons (Fsp3) is 0.333. The molecule has 0 saturated carbocycles. The zero-order chi connectivity index (χ0) is 23.2. The molecule has 0 radical (unpaired) electrons. The van der Waals surface area contributed by atoms with Crippen LogP contribution in [0.5, 0.6) is 5.75 Å². The maximum atomic E-state index is 11.8. The van der Waals surface area contributed by atoms with Crippen molar-refractivity contribution in [3.8, 4) is 5.75 Å². The number of nitrogens with two attached hydrogens (primary N) is 1. The molecule has 0 atom stereocenters. The highest BCUT2D eigenvalue weighted by Gasteiger charge is 2.16. The maximum Gasteiger partial charge on any atom is 0.407 e. The van der Waals surface area contributed by atoms with Gasteiger partial charge in [0.05, 0.1) is 6.54 Å². The summed E-state index contributed by atoms with van der Waals surface area (Å²) in [6, 6.07) is 5.02. The molecule has 10 heteroatoms. The molecule has 5 N–H and O–H groups in total. The maximum absolute atomic E-state index is 11.8. The Morgan fingerprint density at radius 1 is 1.26 bits per heavy atom. The predicted molar refractivity (Wildman–Crippen MR) is 115 cm³/mol. The van der Waals surface area contributed by atoms with Crippen molar-refractivity contribution in [3.63, 3.8) is 0 Å². The molecule has 0 spiro atoms. The number of pyridine rings is 1. The number of carbonyl (C=O) groups excluding carboxylic acids is 2. The summed E-state index contributed by atoms with van der Waals surface area (Å²) in [5, 5.41) is 15.6. The molecular weight excluding hydrogens is 404 g/mol. The molecule has 10 nitrogen and oxygen atoms in total. The van der Waals surface area contributed by atoms with E-state index in [4.69, 9.17) is 15.2 Å². The van der Waals surface area contributed by atoms with Crippen molar-refractivity contribution in [3.05, 3.63) is 35.7 Å². The van der Waals surface area contributed by atoms with Gasteiger partial charge in [-0.15, -0.1) is 0 Å². The molecule has 2 rings (SSSR count). The molecule has 1 aromatic carbocycles. The molecule has 0 aliphatic rings. The lowest BCUT2D eigenvalue weighted by molar-refractivity contribution is -0.134. The fourth-order valence-electron chi connectivity index (χ4n) is 2.60. The van der Waals surface area contributed by atoms with E-state index >= 15 is 0 Å². The smallest absolute Gasteiger partial charge is 0.407 e. The zero-order valence-electron chi connectivity index (χ0n) is 17.8. The minimum atomic E-state index is -1.30. The van der Waals surface area contributed by atoms with E-state index in [2.05, 4.69) is 15.6 Å². The van der Waals surface area contributed by atoms with Gasteiger partial charge in [-0.3, -0.25) is 4.79 Å². The second kappa shape index (κ2) is 9.79. The van der Waals surface area contributed by atoms with E-state index in [0.29, 0.717) is 22.1 Å². The summed E-state index contributed by atoms with van der Waals surface area (Å²) >= 11 is 0. The Balaban J connectivity index is 2.29. The summed E-state index contributed by atoms with van der Waals surface area (Å²) in [7, 11) is 0. The van der Waals surface area contributed by atoms with Gasteiger partial charge in [0.15, 0.2) is 0 Å². The van der Waals surface area contributed by atoms with Gasteiger partial charge in [0.1, 0.15) is 29.5 Å². The van der Waals surface area contributed by atoms with Crippen LogP contribution >= 0.6 is 0 Å². The lowest BCUT2D eigenvalue weighted by Gasteiger charge is -2.19. The monoisotopic (exact) mass is 430 g/mol. The highest BCUT2D eigenvalue weighted by molar-refractivity contribution is 5.99. The molecule has 31 heavy (non-hydrogen) atoms. The Morgan fingerprint density at radius 2 is 1.97 bits per heavy atom. The first-order valence-electron chi connectivity index (χ1n) is 9.47. The highest BCUT2D eigenvalue weighted by Crippen LogP contribution is 2.30. The van der Waals surface area contributed by atoms with E-state index in [1.165, 1.54) is 19.2 Å². The largest absolute Gasteiger partial charge is 0.491 e. The number of ether oxygens (including phenoxy) is 2. The van der Waals surface area contributed by atoms with Gasteiger partial charge in [-0.25, -0.2) is 14.6 Å². The number of anilines is 1. The number of carboxylic acid groups (broad SMARTS) is 1. The predicted octanol–water partition coefficient (Wildman–Crippen LogP) is 2.28. The molecule has 0 unspecified atom stereocenters. The first-order valence-corrected chi connectivity index (χ1v) is 9.47. The topological polar surface area (TPSA) is 153 Å². The molecular formula is C21H26N4O6. The molecule has 2 aromatic rings. The van der Waals surface area contributed by atoms with Crippen LogP contribution in [0.4, 0.5) is 10.6 Å². The van der Waals surface area contributed by atoms with Crippen molar-refractivity contribution in [1.82, 2.24) is 15.6 Å². The molecule has 2 amide bonds. The van der Waals surface area contributed by atoms with Crippen LogP contribution in [0.1, 0.15) is 33.3 Å². The number of nitrogens with zero attached hydrogens (tertiary/aromatic N) is 1. The number of nitrogens with one attached hydrogen (secondary N) is 2. The fourth-order valence-corrected chi connectivity index (χ4v) is 2.60. The summed E-state index contributed by atoms with van der Waals surface area (Å²) in [5.41, 5.74) is 5.40. The van der Waals surface area contributed by atoms with Crippen molar-refractivity contribution >= 4 is 40.6 Å². The Labute approximate surface area is 179 Å². The number of nitrogen functional groups attached to an aromatic ring is 1. The van der Waals surface area contributed by atoms with Crippen LogP contribution in [0.15, 0.2) is 30.1 Å². The van der Waals surface area contributed by atoms with Gasteiger partial charge < -0.3 is 30.9 Å². The number of fused-ring (bicyclic) bond motifs is 1. The van der Waals surface area contributed by atoms with E-state index in [9.17, 15) is 19.5 Å². The van der Waals surface area contributed by atoms with Crippen LogP contribution in [0, 0.1) is 0 Å². The number of carbonyl (C=O) groups is 3. The Hall–Kier alpha value is -3.82. The number of aromatic nitrogens is 1. The molecule has 0 fully saturated rings. The summed E-state index contributed by atoms with van der Waals surface area (Å²) in [4.78, 5) is 38.6. The van der Waals surface area contributed by atoms with Crippen molar-refractivity contribution < 1.29 is 29.0 Å². The van der Waals surface area contributed by atoms with Crippen LogP contribution in [0.2, 0.25) is 0 Å². The number of benzene rings is 1. The molecule has 0 aliphatic heterocycles. The van der Waals surface area contributed by atoms with Gasteiger partial charge >= 0.3 is 12.1 Å². The van der Waals surface area contributed by atoms with Crippen molar-refractivity contribution in [1.29, 1.82) is 0 Å². The summed E-state index contributed by atoms with van der Waals surface area (Å²) in [5.74, 6) is -1.23. The Morgan fingerprint density at radius 3 is 2.58 bits per heavy atom. The second-order valence-electron chi connectivity index (χ2n) is 7.63.